The van der Waals surface area contributed by atoms with Crippen molar-refractivity contribution in [2.75, 3.05) is 0 Å². The van der Waals surface area contributed by atoms with Gasteiger partial charge in [0.1, 0.15) is 0 Å². The molecule has 0 N–H and O–H groups in total. The molecule has 0 aliphatic rings. The molecular weight excluding hydrogens is 153 g/mol. The van der Waals surface area contributed by atoms with Gasteiger partial charge >= 0.3 is 58.2 Å². The molecule has 0 spiro atoms. The minimum atomic E-state index is -1.23. The molecule has 0 saturated heterocycles. The molecule has 0 amide bonds. The SMILES string of the molecule is C=CC(=O)[O-].[Rb+]. The molecule has 28 valence electrons. The van der Waals surface area contributed by atoms with Gasteiger partial charge in [0.05, 0.1) is 5.97 Å². The fourth-order valence-electron chi connectivity index (χ4n) is 0. The maximum Gasteiger partial charge on any atom is 1.00 e. The van der Waals surface area contributed by atoms with E-state index >= 15 is 0 Å². The fraction of sp³-hybridized carbons (Fsp3) is 0. The van der Waals surface area contributed by atoms with E-state index in [1.807, 2.05) is 0 Å². The molecular formula is C3H3O2Rb. The molecule has 0 saturated carbocycles. The van der Waals surface area contributed by atoms with E-state index in [4.69, 9.17) is 9.90 Å². The van der Waals surface area contributed by atoms with Crippen LogP contribution in [0.5, 0.6) is 0 Å². The Hall–Kier alpha value is 1.02. The molecule has 3 heteroatoms. The third-order valence-electron chi connectivity index (χ3n) is 0.167. The first-order valence-corrected chi connectivity index (χ1v) is 1.11. The van der Waals surface area contributed by atoms with Gasteiger partial charge in [-0.2, -0.15) is 0 Å². The number of carboxylic acids is 1. The van der Waals surface area contributed by atoms with Gasteiger partial charge in [-0.25, -0.2) is 0 Å². The first kappa shape index (κ1) is 10.1. The van der Waals surface area contributed by atoms with E-state index < -0.39 is 5.97 Å². The van der Waals surface area contributed by atoms with Gasteiger partial charge in [-0.05, 0) is 6.08 Å². The van der Waals surface area contributed by atoms with Crippen molar-refractivity contribution in [2.45, 2.75) is 0 Å². The van der Waals surface area contributed by atoms with Crippen molar-refractivity contribution in [2.24, 2.45) is 0 Å². The van der Waals surface area contributed by atoms with E-state index in [-0.39, 0.29) is 58.2 Å². The van der Waals surface area contributed by atoms with Crippen LogP contribution in [0.15, 0.2) is 12.7 Å². The monoisotopic (exact) mass is 156 g/mol. The van der Waals surface area contributed by atoms with Crippen molar-refractivity contribution in [1.29, 1.82) is 0 Å². The summed E-state index contributed by atoms with van der Waals surface area (Å²) < 4.78 is 0. The number of carboxylic acid groups (broad SMARTS) is 1. The van der Waals surface area contributed by atoms with Gasteiger partial charge in [-0.3, -0.25) is 0 Å². The van der Waals surface area contributed by atoms with Gasteiger partial charge < -0.3 is 9.90 Å². The van der Waals surface area contributed by atoms with Crippen molar-refractivity contribution in [3.05, 3.63) is 12.7 Å². The van der Waals surface area contributed by atoms with Gasteiger partial charge in [0.15, 0.2) is 0 Å². The normalized spacial score (nSPS) is 5.33. The van der Waals surface area contributed by atoms with Crippen LogP contribution in [-0.2, 0) is 4.79 Å². The van der Waals surface area contributed by atoms with Crippen molar-refractivity contribution in [3.63, 3.8) is 0 Å². The molecule has 0 aromatic carbocycles. The third-order valence-corrected chi connectivity index (χ3v) is 0.167. The first-order chi connectivity index (χ1) is 2.27. The topological polar surface area (TPSA) is 40.1 Å². The Labute approximate surface area is 85.0 Å². The van der Waals surface area contributed by atoms with Crippen molar-refractivity contribution in [1.82, 2.24) is 0 Å². The molecule has 0 fully saturated rings. The van der Waals surface area contributed by atoms with E-state index in [2.05, 4.69) is 6.58 Å². The minimum absolute atomic E-state index is 0. The van der Waals surface area contributed by atoms with Crippen LogP contribution in [0, 0.1) is 0 Å². The summed E-state index contributed by atoms with van der Waals surface area (Å²) in [6, 6.07) is 0. The second-order valence-electron chi connectivity index (χ2n) is 0.523. The second-order valence-corrected chi connectivity index (χ2v) is 0.523. The number of carbonyl (C=O) groups excluding carboxylic acids is 1. The molecule has 0 aromatic heterocycles. The summed E-state index contributed by atoms with van der Waals surface area (Å²) in [7, 11) is 0. The van der Waals surface area contributed by atoms with Crippen LogP contribution >= 0.6 is 0 Å². The molecule has 0 rings (SSSR count). The number of hydrogen-bond acceptors (Lipinski definition) is 2. The Morgan fingerprint density at radius 2 is 2.00 bits per heavy atom. The molecule has 6 heavy (non-hydrogen) atoms. The average molecular weight is 157 g/mol. The predicted molar refractivity (Wildman–Crippen MR) is 15.2 cm³/mol. The van der Waals surface area contributed by atoms with E-state index in [0.717, 1.165) is 6.08 Å². The Kier molecular flexibility index (Phi) is 10.1. The standard InChI is InChI=1S/C3H4O2.Rb/c1-2-3(4)5;/h2H,1H2,(H,4,5);/q;+1/p-1. The van der Waals surface area contributed by atoms with E-state index in [1.165, 1.54) is 0 Å². The zero-order valence-electron chi connectivity index (χ0n) is 3.60. The Morgan fingerprint density at radius 1 is 1.83 bits per heavy atom. The summed E-state index contributed by atoms with van der Waals surface area (Å²) in [6.45, 7) is 2.90. The zero-order valence-corrected chi connectivity index (χ0v) is 8.52. The van der Waals surface area contributed by atoms with E-state index in [9.17, 15) is 0 Å². The largest absolute Gasteiger partial charge is 1.00 e. The first-order valence-electron chi connectivity index (χ1n) is 1.11. The minimum Gasteiger partial charge on any atom is -0.545 e. The van der Waals surface area contributed by atoms with Gasteiger partial charge in [0, 0.05) is 0 Å². The second kappa shape index (κ2) is 6.02. The Balaban J connectivity index is 0. The molecule has 2 nitrogen and oxygen atoms in total. The van der Waals surface area contributed by atoms with Crippen LogP contribution in [0.4, 0.5) is 0 Å². The van der Waals surface area contributed by atoms with Gasteiger partial charge in [0.25, 0.3) is 0 Å². The molecule has 0 bridgehead atoms. The summed E-state index contributed by atoms with van der Waals surface area (Å²) >= 11 is 0. The molecule has 0 unspecified atom stereocenters. The molecule has 0 atom stereocenters. The summed E-state index contributed by atoms with van der Waals surface area (Å²) in [5, 5.41) is 9.14. The van der Waals surface area contributed by atoms with E-state index in [0.29, 0.717) is 0 Å². The van der Waals surface area contributed by atoms with Crippen molar-refractivity contribution in [3.8, 4) is 0 Å². The number of rotatable bonds is 1. The van der Waals surface area contributed by atoms with Gasteiger partial charge in [-0.1, -0.05) is 6.58 Å². The summed E-state index contributed by atoms with van der Waals surface area (Å²) in [4.78, 5) is 9.14. The summed E-state index contributed by atoms with van der Waals surface area (Å²) in [6.07, 6.45) is 0.722. The number of hydrogen-bond donors (Lipinski definition) is 0. The van der Waals surface area contributed by atoms with E-state index in [1.54, 1.807) is 0 Å². The maximum absolute atomic E-state index is 9.14. The predicted octanol–water partition coefficient (Wildman–Crippen LogP) is -4.07. The zero-order chi connectivity index (χ0) is 4.28. The van der Waals surface area contributed by atoms with Crippen LogP contribution in [0.25, 0.3) is 0 Å². The molecule has 0 heterocycles. The van der Waals surface area contributed by atoms with Gasteiger partial charge in [0.2, 0.25) is 0 Å². The van der Waals surface area contributed by atoms with Crippen LogP contribution in [0.1, 0.15) is 0 Å². The summed E-state index contributed by atoms with van der Waals surface area (Å²) in [5.41, 5.74) is 0. The van der Waals surface area contributed by atoms with Gasteiger partial charge in [-0.15, -0.1) is 0 Å². The molecule has 0 aliphatic carbocycles. The smallest absolute Gasteiger partial charge is 0.545 e. The number of aliphatic carboxylic acids is 1. The third kappa shape index (κ3) is 8.89. The van der Waals surface area contributed by atoms with Crippen LogP contribution in [0.2, 0.25) is 0 Å². The molecule has 0 aliphatic heterocycles. The van der Waals surface area contributed by atoms with Crippen molar-refractivity contribution < 1.29 is 68.1 Å². The quantitative estimate of drug-likeness (QED) is 0.363. The Bertz CT molecular complexity index is 59.8. The summed E-state index contributed by atoms with van der Waals surface area (Å²) in [5.74, 6) is -1.23. The maximum atomic E-state index is 9.14. The fourth-order valence-corrected chi connectivity index (χ4v) is 0. The molecule has 0 aromatic rings. The van der Waals surface area contributed by atoms with Crippen LogP contribution in [-0.4, -0.2) is 5.97 Å². The average Bonchev–Trinajstić information content (AvgIpc) is 1.38. The molecule has 0 radical (unpaired) electrons. The van der Waals surface area contributed by atoms with Crippen LogP contribution in [0.3, 0.4) is 0 Å². The van der Waals surface area contributed by atoms with Crippen LogP contribution < -0.4 is 63.3 Å². The Morgan fingerprint density at radius 3 is 2.00 bits per heavy atom. The number of carbonyl (C=O) groups is 1. The van der Waals surface area contributed by atoms with Crippen molar-refractivity contribution >= 4 is 5.97 Å².